The first-order valence-electron chi connectivity index (χ1n) is 10.9. The second kappa shape index (κ2) is 10.2. The molecule has 0 atom stereocenters. The zero-order chi connectivity index (χ0) is 21.1. The minimum Gasteiger partial charge on any atom is -0.408 e. The van der Waals surface area contributed by atoms with Crippen molar-refractivity contribution < 1.29 is 13.9 Å². The molecule has 1 saturated carbocycles. The van der Waals surface area contributed by atoms with Crippen LogP contribution in [0.5, 0.6) is 0 Å². The molecule has 0 radical (unpaired) electrons. The van der Waals surface area contributed by atoms with Crippen molar-refractivity contribution in [3.8, 4) is 6.07 Å². The SMILES string of the molecule is COCCO[C@H]1CC[C@@](C)(N2CCC(n3c(=O)oc4ccc(C#N)cc43)CC2)CC1.Cl. The van der Waals surface area contributed by atoms with Gasteiger partial charge in [-0.3, -0.25) is 9.47 Å². The second-order valence-electron chi connectivity index (χ2n) is 8.81. The molecule has 1 aliphatic heterocycles. The molecule has 1 aromatic heterocycles. The van der Waals surface area contributed by atoms with Crippen LogP contribution in [-0.2, 0) is 9.47 Å². The average molecular weight is 450 g/mol. The molecule has 0 unspecified atom stereocenters. The summed E-state index contributed by atoms with van der Waals surface area (Å²) in [6.45, 7) is 5.63. The van der Waals surface area contributed by atoms with Crippen LogP contribution in [0, 0.1) is 11.3 Å². The Morgan fingerprint density at radius 2 is 1.90 bits per heavy atom. The molecule has 0 bridgehead atoms. The number of nitrogens with zero attached hydrogens (tertiary/aromatic N) is 3. The lowest BCUT2D eigenvalue weighted by atomic mass is 9.79. The number of halogens is 1. The molecule has 0 N–H and O–H groups in total. The highest BCUT2D eigenvalue weighted by atomic mass is 35.5. The van der Waals surface area contributed by atoms with Crippen molar-refractivity contribution in [1.29, 1.82) is 5.26 Å². The van der Waals surface area contributed by atoms with Crippen molar-refractivity contribution >= 4 is 23.5 Å². The minimum absolute atomic E-state index is 0. The molecule has 4 rings (SSSR count). The number of rotatable bonds is 6. The fourth-order valence-corrected chi connectivity index (χ4v) is 5.11. The Labute approximate surface area is 189 Å². The maximum atomic E-state index is 12.5. The fourth-order valence-electron chi connectivity index (χ4n) is 5.11. The normalized spacial score (nSPS) is 25.3. The van der Waals surface area contributed by atoms with Gasteiger partial charge in [0.05, 0.1) is 36.5 Å². The van der Waals surface area contributed by atoms with E-state index < -0.39 is 0 Å². The van der Waals surface area contributed by atoms with Gasteiger partial charge >= 0.3 is 5.76 Å². The monoisotopic (exact) mass is 449 g/mol. The number of benzene rings is 1. The van der Waals surface area contributed by atoms with Gasteiger partial charge in [0.25, 0.3) is 0 Å². The lowest BCUT2D eigenvalue weighted by molar-refractivity contribution is -0.0419. The standard InChI is InChI=1S/C23H31N3O4.ClH/c1-23(9-5-19(6-10-23)29-14-13-28-2)25-11-7-18(8-12-25)26-20-15-17(16-24)3-4-21(20)30-22(26)27;/h3-4,15,18-19H,5-14H2,1-2H3;1H/t19-,23+;. The van der Waals surface area contributed by atoms with Crippen molar-refractivity contribution in [2.75, 3.05) is 33.4 Å². The van der Waals surface area contributed by atoms with E-state index in [1.54, 1.807) is 29.9 Å². The summed E-state index contributed by atoms with van der Waals surface area (Å²) in [6.07, 6.45) is 6.61. The molecule has 0 spiro atoms. The van der Waals surface area contributed by atoms with Gasteiger partial charge in [0, 0.05) is 31.8 Å². The molecular weight excluding hydrogens is 418 g/mol. The highest BCUT2D eigenvalue weighted by Gasteiger charge is 2.38. The lowest BCUT2D eigenvalue weighted by Crippen LogP contribution is -2.53. The third kappa shape index (κ3) is 4.98. The predicted octanol–water partition coefficient (Wildman–Crippen LogP) is 3.89. The molecule has 0 amide bonds. The van der Waals surface area contributed by atoms with E-state index in [1.165, 1.54) is 0 Å². The molecule has 2 fully saturated rings. The summed E-state index contributed by atoms with van der Waals surface area (Å²) in [6, 6.07) is 7.43. The summed E-state index contributed by atoms with van der Waals surface area (Å²) >= 11 is 0. The van der Waals surface area contributed by atoms with Gasteiger partial charge in [-0.15, -0.1) is 12.4 Å². The largest absolute Gasteiger partial charge is 0.420 e. The molecular formula is C23H32ClN3O4. The highest BCUT2D eigenvalue weighted by molar-refractivity contribution is 5.85. The first-order chi connectivity index (χ1) is 14.5. The van der Waals surface area contributed by atoms with Gasteiger partial charge in [0.15, 0.2) is 5.58 Å². The molecule has 31 heavy (non-hydrogen) atoms. The molecule has 1 saturated heterocycles. The molecule has 1 aromatic carbocycles. The van der Waals surface area contributed by atoms with E-state index in [0.29, 0.717) is 30.5 Å². The molecule has 1 aliphatic carbocycles. The van der Waals surface area contributed by atoms with E-state index >= 15 is 0 Å². The molecule has 8 heteroatoms. The summed E-state index contributed by atoms with van der Waals surface area (Å²) in [4.78, 5) is 15.1. The first kappa shape index (κ1) is 23.8. The van der Waals surface area contributed by atoms with Gasteiger partial charge < -0.3 is 13.9 Å². The summed E-state index contributed by atoms with van der Waals surface area (Å²) in [7, 11) is 1.70. The maximum absolute atomic E-state index is 12.5. The van der Waals surface area contributed by atoms with E-state index in [2.05, 4.69) is 17.9 Å². The number of hydrogen-bond donors (Lipinski definition) is 0. The number of oxazole rings is 1. The second-order valence-corrected chi connectivity index (χ2v) is 8.81. The minimum atomic E-state index is -0.321. The number of nitriles is 1. The number of fused-ring (bicyclic) bond motifs is 1. The molecule has 2 heterocycles. The number of piperidine rings is 1. The van der Waals surface area contributed by atoms with Crippen LogP contribution in [-0.4, -0.2) is 54.5 Å². The Morgan fingerprint density at radius 1 is 1.19 bits per heavy atom. The number of ether oxygens (including phenoxy) is 2. The number of aromatic nitrogens is 1. The summed E-state index contributed by atoms with van der Waals surface area (Å²) < 4.78 is 18.2. The lowest BCUT2D eigenvalue weighted by Gasteiger charge is -2.48. The van der Waals surface area contributed by atoms with Gasteiger partial charge in [-0.1, -0.05) is 0 Å². The summed E-state index contributed by atoms with van der Waals surface area (Å²) in [5, 5.41) is 9.20. The number of hydrogen-bond acceptors (Lipinski definition) is 6. The zero-order valence-electron chi connectivity index (χ0n) is 18.3. The first-order valence-corrected chi connectivity index (χ1v) is 10.9. The van der Waals surface area contributed by atoms with Crippen molar-refractivity contribution in [3.05, 3.63) is 34.3 Å². The highest BCUT2D eigenvalue weighted by Crippen LogP contribution is 2.38. The van der Waals surface area contributed by atoms with Gasteiger partial charge in [-0.05, 0) is 63.6 Å². The molecule has 2 aliphatic rings. The van der Waals surface area contributed by atoms with E-state index in [9.17, 15) is 10.1 Å². The third-order valence-electron chi connectivity index (χ3n) is 6.99. The van der Waals surface area contributed by atoms with Crippen LogP contribution >= 0.6 is 12.4 Å². The average Bonchev–Trinajstić information content (AvgIpc) is 3.10. The van der Waals surface area contributed by atoms with Crippen LogP contribution in [0.15, 0.2) is 27.4 Å². The van der Waals surface area contributed by atoms with Crippen molar-refractivity contribution in [3.63, 3.8) is 0 Å². The fraction of sp³-hybridized carbons (Fsp3) is 0.652. The topological polar surface area (TPSA) is 80.6 Å². The predicted molar refractivity (Wildman–Crippen MR) is 121 cm³/mol. The smallest absolute Gasteiger partial charge is 0.408 e. The quantitative estimate of drug-likeness (QED) is 0.622. The van der Waals surface area contributed by atoms with Crippen molar-refractivity contribution in [2.24, 2.45) is 0 Å². The van der Waals surface area contributed by atoms with Crippen LogP contribution in [0.4, 0.5) is 0 Å². The maximum Gasteiger partial charge on any atom is 0.420 e. The van der Waals surface area contributed by atoms with Crippen LogP contribution in [0.3, 0.4) is 0 Å². The van der Waals surface area contributed by atoms with E-state index in [4.69, 9.17) is 13.9 Å². The molecule has 170 valence electrons. The van der Waals surface area contributed by atoms with E-state index in [1.807, 2.05) is 0 Å². The van der Waals surface area contributed by atoms with E-state index in [0.717, 1.165) is 57.1 Å². The van der Waals surface area contributed by atoms with Crippen LogP contribution in [0.2, 0.25) is 0 Å². The third-order valence-corrected chi connectivity index (χ3v) is 6.99. The van der Waals surface area contributed by atoms with Crippen LogP contribution in [0.1, 0.15) is 57.1 Å². The Morgan fingerprint density at radius 3 is 2.55 bits per heavy atom. The van der Waals surface area contributed by atoms with E-state index in [-0.39, 0.29) is 29.7 Å². The summed E-state index contributed by atoms with van der Waals surface area (Å²) in [5.74, 6) is -0.321. The van der Waals surface area contributed by atoms with Gasteiger partial charge in [0.2, 0.25) is 0 Å². The Balaban J connectivity index is 0.00000272. The van der Waals surface area contributed by atoms with Crippen molar-refractivity contribution in [2.45, 2.75) is 63.1 Å². The zero-order valence-corrected chi connectivity index (χ0v) is 19.2. The molecule has 2 aromatic rings. The Bertz CT molecular complexity index is 963. The van der Waals surface area contributed by atoms with Crippen LogP contribution in [0.25, 0.3) is 11.1 Å². The molecule has 7 nitrogen and oxygen atoms in total. The Kier molecular flexibility index (Phi) is 7.82. The number of methoxy groups -OCH3 is 1. The number of likely N-dealkylation sites (tertiary alicyclic amines) is 1. The van der Waals surface area contributed by atoms with Gasteiger partial charge in [-0.25, -0.2) is 4.79 Å². The van der Waals surface area contributed by atoms with Gasteiger partial charge in [-0.2, -0.15) is 5.26 Å². The van der Waals surface area contributed by atoms with Crippen molar-refractivity contribution in [1.82, 2.24) is 9.47 Å². The van der Waals surface area contributed by atoms with Gasteiger partial charge in [0.1, 0.15) is 0 Å². The van der Waals surface area contributed by atoms with Crippen LogP contribution < -0.4 is 5.76 Å². The Hall–Kier alpha value is -1.85. The summed E-state index contributed by atoms with van der Waals surface area (Å²) in [5.41, 5.74) is 2.04.